The van der Waals surface area contributed by atoms with Gasteiger partial charge in [0.2, 0.25) is 0 Å². The van der Waals surface area contributed by atoms with Crippen LogP contribution < -0.4 is 0 Å². The van der Waals surface area contributed by atoms with Crippen LogP contribution in [0.5, 0.6) is 0 Å². The highest BCUT2D eigenvalue weighted by atomic mass is 79.9. The first-order valence-electron chi connectivity index (χ1n) is 9.50. The Balaban J connectivity index is 1.92. The van der Waals surface area contributed by atoms with Crippen molar-refractivity contribution in [2.24, 2.45) is 0 Å². The summed E-state index contributed by atoms with van der Waals surface area (Å²) in [5.41, 5.74) is 3.13. The molecule has 1 N–H and O–H groups in total. The van der Waals surface area contributed by atoms with Gasteiger partial charge in [0.25, 0.3) is 11.7 Å². The van der Waals surface area contributed by atoms with Gasteiger partial charge in [0.1, 0.15) is 11.5 Å². The van der Waals surface area contributed by atoms with Gasteiger partial charge in [-0.15, -0.1) is 0 Å². The fourth-order valence-electron chi connectivity index (χ4n) is 3.77. The van der Waals surface area contributed by atoms with E-state index in [1.165, 1.54) is 11.2 Å². The standard InChI is InChI=1S/C24H20BrNO4/c1-14-8-9-15(2)19(11-14)22(27)20-21(16-5-3-6-17(25)12-16)26(24(29)23(20)28)13-18-7-4-10-30-18/h3-12,21,27H,13H2,1-2H3. The summed E-state index contributed by atoms with van der Waals surface area (Å²) in [6.45, 7) is 3.90. The molecule has 2 aromatic carbocycles. The van der Waals surface area contributed by atoms with Crippen molar-refractivity contribution in [3.8, 4) is 0 Å². The third-order valence-electron chi connectivity index (χ3n) is 5.26. The number of Topliss-reactive ketones (excluding diaryl/α,β-unsaturated/α-hetero) is 1. The van der Waals surface area contributed by atoms with Crippen LogP contribution in [0.25, 0.3) is 5.76 Å². The Morgan fingerprint density at radius 2 is 1.90 bits per heavy atom. The molecule has 1 fully saturated rings. The second-order valence-corrected chi connectivity index (χ2v) is 8.30. The number of aryl methyl sites for hydroxylation is 2. The van der Waals surface area contributed by atoms with E-state index in [2.05, 4.69) is 15.9 Å². The summed E-state index contributed by atoms with van der Waals surface area (Å²) in [4.78, 5) is 27.5. The van der Waals surface area contributed by atoms with Crippen molar-refractivity contribution in [2.75, 3.05) is 0 Å². The molecule has 30 heavy (non-hydrogen) atoms. The Kier molecular flexibility index (Phi) is 5.35. The van der Waals surface area contributed by atoms with Gasteiger partial charge < -0.3 is 14.4 Å². The molecule has 1 aliphatic rings. The predicted molar refractivity (Wildman–Crippen MR) is 117 cm³/mol. The summed E-state index contributed by atoms with van der Waals surface area (Å²) in [5.74, 6) is -0.974. The van der Waals surface area contributed by atoms with E-state index in [1.54, 1.807) is 12.1 Å². The molecule has 0 aliphatic carbocycles. The lowest BCUT2D eigenvalue weighted by Gasteiger charge is -2.25. The fourth-order valence-corrected chi connectivity index (χ4v) is 4.19. The van der Waals surface area contributed by atoms with Crippen molar-refractivity contribution >= 4 is 33.4 Å². The van der Waals surface area contributed by atoms with Gasteiger partial charge in [-0.2, -0.15) is 0 Å². The second-order valence-electron chi connectivity index (χ2n) is 7.38. The highest BCUT2D eigenvalue weighted by Crippen LogP contribution is 2.41. The zero-order chi connectivity index (χ0) is 21.4. The maximum Gasteiger partial charge on any atom is 0.296 e. The lowest BCUT2D eigenvalue weighted by atomic mass is 9.93. The maximum absolute atomic E-state index is 13.1. The number of aliphatic hydroxyl groups is 1. The van der Waals surface area contributed by atoms with Gasteiger partial charge in [0.05, 0.1) is 24.4 Å². The summed E-state index contributed by atoms with van der Waals surface area (Å²) in [6.07, 6.45) is 1.52. The topological polar surface area (TPSA) is 70.8 Å². The van der Waals surface area contributed by atoms with Crippen molar-refractivity contribution in [3.63, 3.8) is 0 Å². The molecule has 0 spiro atoms. The number of carbonyl (C=O) groups is 2. The van der Waals surface area contributed by atoms with Crippen molar-refractivity contribution in [1.82, 2.24) is 4.90 Å². The van der Waals surface area contributed by atoms with Gasteiger partial charge in [0.15, 0.2) is 0 Å². The zero-order valence-electron chi connectivity index (χ0n) is 16.6. The normalized spacial score (nSPS) is 18.2. The summed E-state index contributed by atoms with van der Waals surface area (Å²) < 4.78 is 6.22. The van der Waals surface area contributed by atoms with Crippen LogP contribution in [0, 0.1) is 13.8 Å². The van der Waals surface area contributed by atoms with Crippen molar-refractivity contribution in [3.05, 3.63) is 98.9 Å². The van der Waals surface area contributed by atoms with E-state index in [9.17, 15) is 14.7 Å². The molecule has 2 heterocycles. The lowest BCUT2D eigenvalue weighted by Crippen LogP contribution is -2.29. The average Bonchev–Trinajstić information content (AvgIpc) is 3.32. The SMILES string of the molecule is Cc1ccc(C)c(C(O)=C2C(=O)C(=O)N(Cc3ccco3)C2c2cccc(Br)c2)c1. The van der Waals surface area contributed by atoms with Crippen molar-refractivity contribution in [1.29, 1.82) is 0 Å². The highest BCUT2D eigenvalue weighted by molar-refractivity contribution is 9.10. The van der Waals surface area contributed by atoms with E-state index < -0.39 is 17.7 Å². The quantitative estimate of drug-likeness (QED) is 0.323. The number of nitrogens with zero attached hydrogens (tertiary/aromatic N) is 1. The number of aliphatic hydroxyl groups excluding tert-OH is 1. The fraction of sp³-hybridized carbons (Fsp3) is 0.167. The van der Waals surface area contributed by atoms with Crippen LogP contribution in [0.1, 0.15) is 34.1 Å². The summed E-state index contributed by atoms with van der Waals surface area (Å²) in [5, 5.41) is 11.2. The maximum atomic E-state index is 13.1. The van der Waals surface area contributed by atoms with Crippen LogP contribution in [0.3, 0.4) is 0 Å². The van der Waals surface area contributed by atoms with Gasteiger partial charge >= 0.3 is 0 Å². The van der Waals surface area contributed by atoms with E-state index >= 15 is 0 Å². The number of carbonyl (C=O) groups excluding carboxylic acids is 2. The van der Waals surface area contributed by atoms with Crippen molar-refractivity contribution in [2.45, 2.75) is 26.4 Å². The minimum absolute atomic E-state index is 0.0818. The number of likely N-dealkylation sites (tertiary alicyclic amines) is 1. The van der Waals surface area contributed by atoms with E-state index in [4.69, 9.17) is 4.42 Å². The number of amides is 1. The molecule has 1 aromatic heterocycles. The summed E-state index contributed by atoms with van der Waals surface area (Å²) in [6, 6.07) is 15.8. The molecule has 0 saturated carbocycles. The first-order valence-corrected chi connectivity index (χ1v) is 10.3. The third kappa shape index (κ3) is 3.59. The van der Waals surface area contributed by atoms with E-state index in [0.717, 1.165) is 21.2 Å². The molecule has 4 rings (SSSR count). The van der Waals surface area contributed by atoms with Gasteiger partial charge in [-0.3, -0.25) is 9.59 Å². The van der Waals surface area contributed by atoms with E-state index in [-0.39, 0.29) is 17.9 Å². The van der Waals surface area contributed by atoms with Crippen LogP contribution in [-0.2, 0) is 16.1 Å². The Labute approximate surface area is 182 Å². The van der Waals surface area contributed by atoms with Crippen LogP contribution in [-0.4, -0.2) is 21.7 Å². The molecule has 152 valence electrons. The number of furan rings is 1. The van der Waals surface area contributed by atoms with Crippen LogP contribution in [0.4, 0.5) is 0 Å². The minimum atomic E-state index is -0.729. The molecule has 1 unspecified atom stereocenters. The van der Waals surface area contributed by atoms with Gasteiger partial charge in [0, 0.05) is 10.0 Å². The van der Waals surface area contributed by atoms with Crippen LogP contribution in [0.2, 0.25) is 0 Å². The summed E-state index contributed by atoms with van der Waals surface area (Å²) >= 11 is 3.46. The average molecular weight is 466 g/mol. The molecule has 1 amide bonds. The molecular formula is C24H20BrNO4. The molecule has 1 atom stereocenters. The number of hydrogen-bond donors (Lipinski definition) is 1. The molecule has 0 bridgehead atoms. The molecular weight excluding hydrogens is 446 g/mol. The first kappa shape index (κ1) is 20.2. The monoisotopic (exact) mass is 465 g/mol. The van der Waals surface area contributed by atoms with Crippen LogP contribution in [0.15, 0.2) is 75.3 Å². The highest BCUT2D eigenvalue weighted by Gasteiger charge is 2.46. The minimum Gasteiger partial charge on any atom is -0.507 e. The Morgan fingerprint density at radius 1 is 1.10 bits per heavy atom. The Bertz CT molecular complexity index is 1160. The molecule has 6 heteroatoms. The summed E-state index contributed by atoms with van der Waals surface area (Å²) in [7, 11) is 0. The van der Waals surface area contributed by atoms with Gasteiger partial charge in [-0.05, 0) is 55.3 Å². The second kappa shape index (κ2) is 7.95. The van der Waals surface area contributed by atoms with Crippen LogP contribution >= 0.6 is 15.9 Å². The molecule has 1 saturated heterocycles. The molecule has 5 nitrogen and oxygen atoms in total. The molecule has 0 radical (unpaired) electrons. The number of benzene rings is 2. The largest absolute Gasteiger partial charge is 0.507 e. The smallest absolute Gasteiger partial charge is 0.296 e. The van der Waals surface area contributed by atoms with Gasteiger partial charge in [-0.1, -0.05) is 45.8 Å². The predicted octanol–water partition coefficient (Wildman–Crippen LogP) is 5.28. The third-order valence-corrected chi connectivity index (χ3v) is 5.75. The van der Waals surface area contributed by atoms with Gasteiger partial charge in [-0.25, -0.2) is 0 Å². The Hall–Kier alpha value is -3.12. The molecule has 1 aliphatic heterocycles. The lowest BCUT2D eigenvalue weighted by molar-refractivity contribution is -0.140. The number of hydrogen-bond acceptors (Lipinski definition) is 4. The van der Waals surface area contributed by atoms with Crippen molar-refractivity contribution < 1.29 is 19.1 Å². The Morgan fingerprint density at radius 3 is 2.60 bits per heavy atom. The number of halogens is 1. The van der Waals surface area contributed by atoms with E-state index in [1.807, 2.05) is 56.3 Å². The number of ketones is 1. The zero-order valence-corrected chi connectivity index (χ0v) is 18.1. The van der Waals surface area contributed by atoms with E-state index in [0.29, 0.717) is 11.3 Å². The number of rotatable bonds is 4. The first-order chi connectivity index (χ1) is 14.4. The molecule has 3 aromatic rings.